The van der Waals surface area contributed by atoms with Gasteiger partial charge in [-0.15, -0.1) is 0 Å². The van der Waals surface area contributed by atoms with Gasteiger partial charge < -0.3 is 5.32 Å². The summed E-state index contributed by atoms with van der Waals surface area (Å²) in [5, 5.41) is 3.07. The van der Waals surface area contributed by atoms with Crippen LogP contribution in [-0.2, 0) is 14.8 Å². The lowest BCUT2D eigenvalue weighted by atomic mass is 10.1. The smallest absolute Gasteiger partial charge is 0.245 e. The second-order valence-corrected chi connectivity index (χ2v) is 8.86. The van der Waals surface area contributed by atoms with Gasteiger partial charge in [0.05, 0.1) is 17.0 Å². The highest BCUT2D eigenvalue weighted by molar-refractivity contribution is 7.92. The topological polar surface area (TPSA) is 66.5 Å². The first-order valence-corrected chi connectivity index (χ1v) is 10.3. The Bertz CT molecular complexity index is 932. The Morgan fingerprint density at radius 1 is 1.04 bits per heavy atom. The van der Waals surface area contributed by atoms with Crippen LogP contribution in [0.2, 0.25) is 5.02 Å². The molecule has 0 saturated heterocycles. The summed E-state index contributed by atoms with van der Waals surface area (Å²) in [6, 6.07) is 9.16. The largest absolute Gasteiger partial charge is 0.324 e. The van der Waals surface area contributed by atoms with Crippen molar-refractivity contribution in [3.63, 3.8) is 0 Å². The number of hydrogen-bond acceptors (Lipinski definition) is 3. The molecule has 26 heavy (non-hydrogen) atoms. The first-order valence-electron chi connectivity index (χ1n) is 8.10. The van der Waals surface area contributed by atoms with Gasteiger partial charge >= 0.3 is 0 Å². The highest BCUT2D eigenvalue weighted by Crippen LogP contribution is 2.32. The fourth-order valence-electron chi connectivity index (χ4n) is 2.86. The van der Waals surface area contributed by atoms with Crippen molar-refractivity contribution in [2.24, 2.45) is 0 Å². The number of aryl methyl sites for hydroxylation is 4. The zero-order valence-electron chi connectivity index (χ0n) is 15.6. The van der Waals surface area contributed by atoms with Gasteiger partial charge in [0.15, 0.2) is 0 Å². The lowest BCUT2D eigenvalue weighted by molar-refractivity contribution is -0.114. The Hall–Kier alpha value is -2.05. The molecule has 0 radical (unpaired) electrons. The van der Waals surface area contributed by atoms with Crippen molar-refractivity contribution in [2.75, 3.05) is 22.4 Å². The number of rotatable bonds is 5. The number of hydrogen-bond donors (Lipinski definition) is 1. The van der Waals surface area contributed by atoms with Crippen molar-refractivity contribution in [2.45, 2.75) is 27.7 Å². The standard InChI is InChI=1S/C19H23ClN2O3S/c1-12-6-7-17(14(3)8-12)21-18(23)11-22(26(5,24)25)19-15(4)9-13(2)10-16(19)20/h6-10H,11H2,1-5H3,(H,21,23). The van der Waals surface area contributed by atoms with E-state index in [0.29, 0.717) is 22.0 Å². The number of nitrogens with one attached hydrogen (secondary N) is 1. The van der Waals surface area contributed by atoms with E-state index in [1.165, 1.54) is 0 Å². The molecule has 2 aromatic rings. The molecule has 2 aromatic carbocycles. The Morgan fingerprint density at radius 2 is 1.65 bits per heavy atom. The minimum atomic E-state index is -3.69. The monoisotopic (exact) mass is 394 g/mol. The third-order valence-corrected chi connectivity index (χ3v) is 5.39. The molecule has 2 rings (SSSR count). The summed E-state index contributed by atoms with van der Waals surface area (Å²) < 4.78 is 25.7. The van der Waals surface area contributed by atoms with Crippen LogP contribution >= 0.6 is 11.6 Å². The van der Waals surface area contributed by atoms with Crippen molar-refractivity contribution in [1.29, 1.82) is 0 Å². The van der Waals surface area contributed by atoms with Crippen LogP contribution in [0.3, 0.4) is 0 Å². The fourth-order valence-corrected chi connectivity index (χ4v) is 4.26. The maximum atomic E-state index is 12.5. The molecule has 1 amide bonds. The van der Waals surface area contributed by atoms with Crippen molar-refractivity contribution >= 4 is 38.9 Å². The third-order valence-electron chi connectivity index (χ3n) is 3.99. The molecule has 0 aromatic heterocycles. The fraction of sp³-hybridized carbons (Fsp3) is 0.316. The summed E-state index contributed by atoms with van der Waals surface area (Å²) in [5.41, 5.74) is 4.59. The van der Waals surface area contributed by atoms with E-state index in [-0.39, 0.29) is 6.54 Å². The van der Waals surface area contributed by atoms with E-state index >= 15 is 0 Å². The Labute approximate surface area is 160 Å². The number of anilines is 2. The summed E-state index contributed by atoms with van der Waals surface area (Å²) in [6.07, 6.45) is 1.06. The molecule has 7 heteroatoms. The van der Waals surface area contributed by atoms with Gasteiger partial charge in [0, 0.05) is 5.69 Å². The van der Waals surface area contributed by atoms with Gasteiger partial charge in [-0.1, -0.05) is 35.4 Å². The van der Waals surface area contributed by atoms with Crippen LogP contribution in [0.5, 0.6) is 0 Å². The van der Waals surface area contributed by atoms with E-state index in [2.05, 4.69) is 5.32 Å². The number of sulfonamides is 1. The molecule has 0 saturated carbocycles. The van der Waals surface area contributed by atoms with Crippen LogP contribution in [0.25, 0.3) is 0 Å². The first-order chi connectivity index (χ1) is 12.0. The lowest BCUT2D eigenvalue weighted by Gasteiger charge is -2.25. The molecular weight excluding hydrogens is 372 g/mol. The van der Waals surface area contributed by atoms with Gasteiger partial charge in [-0.3, -0.25) is 9.10 Å². The Morgan fingerprint density at radius 3 is 2.19 bits per heavy atom. The van der Waals surface area contributed by atoms with E-state index in [4.69, 9.17) is 11.6 Å². The summed E-state index contributed by atoms with van der Waals surface area (Å²) in [7, 11) is -3.69. The predicted octanol–water partition coefficient (Wildman–Crippen LogP) is 3.98. The molecule has 0 aliphatic heterocycles. The van der Waals surface area contributed by atoms with Crippen molar-refractivity contribution in [3.8, 4) is 0 Å². The van der Waals surface area contributed by atoms with Crippen LogP contribution in [0, 0.1) is 27.7 Å². The Balaban J connectivity index is 2.34. The minimum Gasteiger partial charge on any atom is -0.324 e. The highest BCUT2D eigenvalue weighted by atomic mass is 35.5. The lowest BCUT2D eigenvalue weighted by Crippen LogP contribution is -2.38. The molecule has 0 unspecified atom stereocenters. The molecule has 1 N–H and O–H groups in total. The second kappa shape index (κ2) is 7.68. The van der Waals surface area contributed by atoms with E-state index in [1.54, 1.807) is 19.1 Å². The molecule has 140 valence electrons. The molecule has 0 bridgehead atoms. The number of halogens is 1. The third kappa shape index (κ3) is 4.77. The van der Waals surface area contributed by atoms with Crippen LogP contribution in [0.15, 0.2) is 30.3 Å². The maximum Gasteiger partial charge on any atom is 0.245 e. The van der Waals surface area contributed by atoms with E-state index in [9.17, 15) is 13.2 Å². The summed E-state index contributed by atoms with van der Waals surface area (Å²) in [5.74, 6) is -0.432. The van der Waals surface area contributed by atoms with Crippen LogP contribution in [0.1, 0.15) is 22.3 Å². The van der Waals surface area contributed by atoms with E-state index in [1.807, 2.05) is 39.0 Å². The van der Waals surface area contributed by atoms with Gasteiger partial charge in [0.2, 0.25) is 15.9 Å². The normalized spacial score (nSPS) is 11.3. The van der Waals surface area contributed by atoms with Crippen LogP contribution < -0.4 is 9.62 Å². The second-order valence-electron chi connectivity index (χ2n) is 6.55. The first kappa shape index (κ1) is 20.3. The molecule has 0 heterocycles. The number of carbonyl (C=O) groups is 1. The molecule has 0 fully saturated rings. The van der Waals surface area contributed by atoms with Crippen LogP contribution in [-0.4, -0.2) is 27.1 Å². The zero-order valence-corrected chi connectivity index (χ0v) is 17.1. The van der Waals surface area contributed by atoms with Crippen LogP contribution in [0.4, 0.5) is 11.4 Å². The molecule has 5 nitrogen and oxygen atoms in total. The van der Waals surface area contributed by atoms with Gasteiger partial charge in [-0.05, 0) is 56.5 Å². The van der Waals surface area contributed by atoms with E-state index < -0.39 is 15.9 Å². The van der Waals surface area contributed by atoms with E-state index in [0.717, 1.165) is 27.3 Å². The molecule has 0 atom stereocenters. The number of carbonyl (C=O) groups excluding carboxylic acids is 1. The average Bonchev–Trinajstić information content (AvgIpc) is 2.47. The van der Waals surface area contributed by atoms with Gasteiger partial charge in [0.25, 0.3) is 0 Å². The number of benzene rings is 2. The number of nitrogens with zero attached hydrogens (tertiary/aromatic N) is 1. The molecular formula is C19H23ClN2O3S. The maximum absolute atomic E-state index is 12.5. The SMILES string of the molecule is Cc1ccc(NC(=O)CN(c2c(C)cc(C)cc2Cl)S(C)(=O)=O)c(C)c1. The quantitative estimate of drug-likeness (QED) is 0.834. The predicted molar refractivity (Wildman–Crippen MR) is 108 cm³/mol. The molecule has 0 aliphatic rings. The van der Waals surface area contributed by atoms with Gasteiger partial charge in [-0.25, -0.2) is 8.42 Å². The Kier molecular flexibility index (Phi) is 5.98. The van der Waals surface area contributed by atoms with Gasteiger partial charge in [-0.2, -0.15) is 0 Å². The average molecular weight is 395 g/mol. The van der Waals surface area contributed by atoms with Crippen molar-refractivity contribution in [1.82, 2.24) is 0 Å². The highest BCUT2D eigenvalue weighted by Gasteiger charge is 2.25. The summed E-state index contributed by atoms with van der Waals surface area (Å²) >= 11 is 6.28. The number of amides is 1. The van der Waals surface area contributed by atoms with Crippen molar-refractivity contribution < 1.29 is 13.2 Å². The minimum absolute atomic E-state index is 0.298. The summed E-state index contributed by atoms with van der Waals surface area (Å²) in [4.78, 5) is 12.5. The summed E-state index contributed by atoms with van der Waals surface area (Å²) in [6.45, 7) is 7.15. The van der Waals surface area contributed by atoms with Gasteiger partial charge in [0.1, 0.15) is 6.54 Å². The zero-order chi connectivity index (χ0) is 19.6. The molecule has 0 spiro atoms. The van der Waals surface area contributed by atoms with Crippen molar-refractivity contribution in [3.05, 3.63) is 57.6 Å². The molecule has 0 aliphatic carbocycles.